The zero-order valence-corrected chi connectivity index (χ0v) is 12.6. The van der Waals surface area contributed by atoms with Crippen LogP contribution in [-0.2, 0) is 30.7 Å². The van der Waals surface area contributed by atoms with Gasteiger partial charge in [-0.3, -0.25) is 16.6 Å². The third kappa shape index (κ3) is 29.6. The van der Waals surface area contributed by atoms with Gasteiger partial charge in [-0.1, -0.05) is 12.2 Å². The molecule has 14 heavy (non-hydrogen) atoms. The molecule has 0 radical (unpaired) electrons. The first-order chi connectivity index (χ1) is 5.90. The summed E-state index contributed by atoms with van der Waals surface area (Å²) in [6.45, 7) is 3.18. The minimum Gasteiger partial charge on any atom is -0.509 e. The Hall–Kier alpha value is 0.0683. The first kappa shape index (κ1) is 19.6. The van der Waals surface area contributed by atoms with E-state index >= 15 is 0 Å². The third-order valence-electron chi connectivity index (χ3n) is 0.667. The summed E-state index contributed by atoms with van der Waals surface area (Å²) < 4.78 is 0.754. The summed E-state index contributed by atoms with van der Waals surface area (Å²) in [6.07, 6.45) is 0. The van der Waals surface area contributed by atoms with E-state index in [4.69, 9.17) is 5.73 Å². The first-order valence-corrected chi connectivity index (χ1v) is 4.74. The van der Waals surface area contributed by atoms with Gasteiger partial charge in [-0.15, -0.1) is 11.8 Å². The van der Waals surface area contributed by atoms with E-state index in [0.29, 0.717) is 5.75 Å². The molecule has 0 aromatic heterocycles. The zero-order chi connectivity index (χ0) is 10.9. The van der Waals surface area contributed by atoms with Crippen molar-refractivity contribution in [1.29, 1.82) is 0 Å². The van der Waals surface area contributed by atoms with Gasteiger partial charge in [0.1, 0.15) is 0 Å². The average molecular weight is 405 g/mol. The maximum Gasteiger partial charge on any atom is 0.227 e. The molecule has 0 bridgehead atoms. The minimum absolute atomic E-state index is 0. The van der Waals surface area contributed by atoms with Crippen LogP contribution in [0.5, 0.6) is 0 Å². The number of rotatable bonds is 2. The fraction of sp³-hybridized carbons (Fsp3) is 0.429. The summed E-state index contributed by atoms with van der Waals surface area (Å²) in [4.78, 5) is 19.7. The minimum atomic E-state index is -0.320. The van der Waals surface area contributed by atoms with Crippen LogP contribution in [0.1, 0.15) is 13.8 Å². The van der Waals surface area contributed by atoms with Crippen LogP contribution in [-0.4, -0.2) is 21.8 Å². The molecule has 0 aliphatic rings. The molecule has 4 nitrogen and oxygen atoms in total. The molecule has 0 saturated carbocycles. The van der Waals surface area contributed by atoms with Gasteiger partial charge in [0.05, 0.1) is 5.75 Å². The number of hydrogen-bond acceptors (Lipinski definition) is 4. The van der Waals surface area contributed by atoms with Gasteiger partial charge in [0.25, 0.3) is 0 Å². The number of amides is 2. The summed E-state index contributed by atoms with van der Waals surface area (Å²) >= 11 is 5.97. The Labute approximate surface area is 108 Å². The Bertz CT molecular complexity index is 186. The average Bonchev–Trinajstić information content (AvgIpc) is 2.02. The van der Waals surface area contributed by atoms with E-state index in [1.165, 1.54) is 18.7 Å². The van der Waals surface area contributed by atoms with Crippen molar-refractivity contribution in [1.82, 2.24) is 5.32 Å². The quantitative estimate of drug-likeness (QED) is 0.518. The third-order valence-corrected chi connectivity index (χ3v) is 1.86. The summed E-state index contributed by atoms with van der Waals surface area (Å²) in [5, 5.41) is 2.14. The van der Waals surface area contributed by atoms with Crippen molar-refractivity contribution in [2.24, 2.45) is 5.73 Å². The predicted octanol–water partition coefficient (Wildman–Crippen LogP) is 0.464. The van der Waals surface area contributed by atoms with E-state index < -0.39 is 0 Å². The fourth-order valence-electron chi connectivity index (χ4n) is 0.173. The van der Waals surface area contributed by atoms with Crippen LogP contribution < -0.4 is 11.1 Å². The topological polar surface area (TPSA) is 72.2 Å². The molecule has 0 rings (SSSR count). The van der Waals surface area contributed by atoms with Gasteiger partial charge in [-0.25, -0.2) is 0 Å². The molecule has 0 heterocycles. The standard InChI is InChI=1S/C4H7NOS2.C3H6NO.W/c1-3(7)8-2-4(5)6;1-3(5)4-2;/h2H2,1H3,(H2,5,6);2H2,1H3,(H,4,5);/q;-1;. The second kappa shape index (κ2) is 13.1. The second-order valence-electron chi connectivity index (χ2n) is 1.98. The molecule has 82 valence electrons. The van der Waals surface area contributed by atoms with E-state index in [9.17, 15) is 9.59 Å². The van der Waals surface area contributed by atoms with Gasteiger partial charge in [0.15, 0.2) is 5.91 Å². The van der Waals surface area contributed by atoms with Crippen LogP contribution in [0.4, 0.5) is 0 Å². The summed E-state index contributed by atoms with van der Waals surface area (Å²) in [5.41, 5.74) is 4.82. The van der Waals surface area contributed by atoms with Crippen LogP contribution in [0.15, 0.2) is 0 Å². The molecule has 0 aliphatic carbocycles. The van der Waals surface area contributed by atoms with Gasteiger partial charge in [-0.2, -0.15) is 0 Å². The molecule has 0 fully saturated rings. The van der Waals surface area contributed by atoms with E-state index in [1.807, 2.05) is 0 Å². The number of nitrogens with two attached hydrogens (primary N) is 1. The van der Waals surface area contributed by atoms with E-state index in [2.05, 4.69) is 24.6 Å². The van der Waals surface area contributed by atoms with Crippen LogP contribution in [0, 0.1) is 7.05 Å². The predicted molar refractivity (Wildman–Crippen MR) is 59.1 cm³/mol. The van der Waals surface area contributed by atoms with Gasteiger partial charge in [0.2, 0.25) is 5.91 Å². The normalized spacial score (nSPS) is 7.36. The molecule has 0 aromatic carbocycles. The SMILES string of the molecule is CC(=S)SCC(N)=O.[CH2-]NC(C)=O.[W]. The maximum atomic E-state index is 10.0. The van der Waals surface area contributed by atoms with Crippen LogP contribution >= 0.6 is 24.0 Å². The molecule has 0 aliphatic heterocycles. The van der Waals surface area contributed by atoms with Crippen molar-refractivity contribution in [3.63, 3.8) is 0 Å². The molecular formula is C7H13N2O2S2W-. The van der Waals surface area contributed by atoms with Crippen LogP contribution in [0.2, 0.25) is 0 Å². The Balaban J connectivity index is -0.000000177. The summed E-state index contributed by atoms with van der Waals surface area (Å²) in [6, 6.07) is 0. The van der Waals surface area contributed by atoms with Gasteiger partial charge >= 0.3 is 0 Å². The number of nitrogens with one attached hydrogen (secondary N) is 1. The van der Waals surface area contributed by atoms with Crippen molar-refractivity contribution >= 4 is 40.0 Å². The monoisotopic (exact) mass is 405 g/mol. The smallest absolute Gasteiger partial charge is 0.227 e. The summed E-state index contributed by atoms with van der Waals surface area (Å²) in [7, 11) is 3.09. The number of thiocarbonyl (C=S) groups is 1. The number of primary amides is 1. The number of carbonyl (C=O) groups excluding carboxylic acids is 2. The van der Waals surface area contributed by atoms with Crippen molar-refractivity contribution < 1.29 is 30.7 Å². The molecular weight excluding hydrogens is 392 g/mol. The summed E-state index contributed by atoms with van der Waals surface area (Å²) in [5.74, 6) is -0.126. The van der Waals surface area contributed by atoms with Gasteiger partial charge < -0.3 is 11.1 Å². The molecule has 7 heteroatoms. The molecule has 0 unspecified atom stereocenters. The fourth-order valence-corrected chi connectivity index (χ4v) is 0.695. The zero-order valence-electron chi connectivity index (χ0n) is 8.03. The maximum absolute atomic E-state index is 10.0. The van der Waals surface area contributed by atoms with E-state index in [-0.39, 0.29) is 32.9 Å². The number of thioether (sulfide) groups is 1. The molecule has 3 N–H and O–H groups in total. The molecule has 0 spiro atoms. The Morgan fingerprint density at radius 2 is 1.86 bits per heavy atom. The van der Waals surface area contributed by atoms with Crippen LogP contribution in [0.3, 0.4) is 0 Å². The van der Waals surface area contributed by atoms with Gasteiger partial charge in [-0.05, 0) is 6.92 Å². The Morgan fingerprint density at radius 3 is 1.93 bits per heavy atom. The first-order valence-electron chi connectivity index (χ1n) is 3.35. The second-order valence-corrected chi connectivity index (χ2v) is 4.04. The number of hydrogen-bond donors (Lipinski definition) is 2. The van der Waals surface area contributed by atoms with E-state index in [0.717, 1.165) is 4.20 Å². The van der Waals surface area contributed by atoms with Crippen molar-refractivity contribution in [2.45, 2.75) is 13.8 Å². The van der Waals surface area contributed by atoms with Crippen LogP contribution in [0.25, 0.3) is 0 Å². The molecule has 0 atom stereocenters. The number of carbonyl (C=O) groups is 2. The molecule has 2 amide bonds. The van der Waals surface area contributed by atoms with Crippen molar-refractivity contribution in [3.05, 3.63) is 7.05 Å². The Morgan fingerprint density at radius 1 is 1.50 bits per heavy atom. The molecule has 0 aromatic rings. The van der Waals surface area contributed by atoms with Crippen molar-refractivity contribution in [2.75, 3.05) is 5.75 Å². The van der Waals surface area contributed by atoms with Crippen molar-refractivity contribution in [3.8, 4) is 0 Å². The van der Waals surface area contributed by atoms with Gasteiger partial charge in [0, 0.05) is 32.2 Å². The Kier molecular flexibility index (Phi) is 18.3. The molecule has 0 saturated heterocycles. The largest absolute Gasteiger partial charge is 0.509 e. The van der Waals surface area contributed by atoms with E-state index in [1.54, 1.807) is 6.92 Å².